The summed E-state index contributed by atoms with van der Waals surface area (Å²) in [6.45, 7) is 0. The lowest BCUT2D eigenvalue weighted by Gasteiger charge is -1.96. The quantitative estimate of drug-likeness (QED) is 0.469. The molecule has 0 heterocycles. The van der Waals surface area contributed by atoms with Crippen molar-refractivity contribution in [1.82, 2.24) is 0 Å². The summed E-state index contributed by atoms with van der Waals surface area (Å²) in [5.41, 5.74) is 0. The topological polar surface area (TPSA) is 20.2 Å². The summed E-state index contributed by atoms with van der Waals surface area (Å²) < 4.78 is 0. The summed E-state index contributed by atoms with van der Waals surface area (Å²) in [5.74, 6) is 0.339. The zero-order chi connectivity index (χ0) is 6.69. The number of hydrogen-bond acceptors (Lipinski definition) is 2. The van der Waals surface area contributed by atoms with Gasteiger partial charge in [-0.3, -0.25) is 0 Å². The molecular formula is C6H7OPS. The number of aromatic hydroxyl groups is 1. The van der Waals surface area contributed by atoms with Gasteiger partial charge in [-0.05, 0) is 13.8 Å². The third-order valence-corrected chi connectivity index (χ3v) is 2.41. The van der Waals surface area contributed by atoms with Crippen LogP contribution in [0.4, 0.5) is 0 Å². The van der Waals surface area contributed by atoms with Gasteiger partial charge in [-0.2, -0.15) is 0 Å². The number of benzene rings is 1. The van der Waals surface area contributed by atoms with Crippen LogP contribution in [-0.2, 0) is 0 Å². The van der Waals surface area contributed by atoms with E-state index >= 15 is 0 Å². The maximum Gasteiger partial charge on any atom is 0.123 e. The molecule has 0 fully saturated rings. The average molecular weight is 158 g/mol. The largest absolute Gasteiger partial charge is 0.507 e. The highest BCUT2D eigenvalue weighted by atomic mass is 32.7. The molecule has 1 rings (SSSR count). The van der Waals surface area contributed by atoms with Gasteiger partial charge >= 0.3 is 0 Å². The summed E-state index contributed by atoms with van der Waals surface area (Å²) >= 11 is 4.05. The van der Waals surface area contributed by atoms with Gasteiger partial charge in [0.1, 0.15) is 5.75 Å². The lowest BCUT2D eigenvalue weighted by Crippen LogP contribution is -1.89. The first-order valence-electron chi connectivity index (χ1n) is 2.52. The predicted octanol–water partition coefficient (Wildman–Crippen LogP) is 1.54. The molecule has 0 bridgehead atoms. The van der Waals surface area contributed by atoms with Gasteiger partial charge < -0.3 is 5.11 Å². The molecule has 0 aliphatic heterocycles. The molecule has 1 unspecified atom stereocenters. The number of rotatable bonds is 1. The van der Waals surface area contributed by atoms with E-state index in [0.717, 1.165) is 5.30 Å². The van der Waals surface area contributed by atoms with Crippen molar-refractivity contribution in [2.45, 2.75) is 0 Å². The van der Waals surface area contributed by atoms with Crippen molar-refractivity contribution in [2.75, 3.05) is 0 Å². The highest BCUT2D eigenvalue weighted by molar-refractivity contribution is 8.40. The molecule has 0 saturated heterocycles. The highest BCUT2D eigenvalue weighted by Gasteiger charge is 1.93. The minimum Gasteiger partial charge on any atom is -0.507 e. The van der Waals surface area contributed by atoms with Gasteiger partial charge in [0.25, 0.3) is 0 Å². The van der Waals surface area contributed by atoms with Crippen molar-refractivity contribution >= 4 is 25.3 Å². The van der Waals surface area contributed by atoms with Crippen LogP contribution in [0.15, 0.2) is 24.3 Å². The standard InChI is InChI=1S/C6H7OPS/c7-5-3-1-2-4-6(5)8-9/h1-4,7-9H. The van der Waals surface area contributed by atoms with Crippen LogP contribution < -0.4 is 5.30 Å². The van der Waals surface area contributed by atoms with E-state index in [4.69, 9.17) is 5.11 Å². The van der Waals surface area contributed by atoms with Gasteiger partial charge in [-0.15, -0.1) is 12.2 Å². The van der Waals surface area contributed by atoms with Crippen molar-refractivity contribution in [3.8, 4) is 5.75 Å². The second-order valence-corrected chi connectivity index (χ2v) is 3.06. The first-order valence-corrected chi connectivity index (χ1v) is 4.81. The predicted molar refractivity (Wildman–Crippen MR) is 45.0 cm³/mol. The van der Waals surface area contributed by atoms with Crippen LogP contribution in [0.3, 0.4) is 0 Å². The van der Waals surface area contributed by atoms with Crippen molar-refractivity contribution in [3.63, 3.8) is 0 Å². The van der Waals surface area contributed by atoms with Crippen LogP contribution in [0.2, 0.25) is 0 Å². The monoisotopic (exact) mass is 158 g/mol. The van der Waals surface area contributed by atoms with Gasteiger partial charge in [-0.1, -0.05) is 18.2 Å². The van der Waals surface area contributed by atoms with Crippen LogP contribution in [0.5, 0.6) is 5.75 Å². The molecule has 9 heavy (non-hydrogen) atoms. The summed E-state index contributed by atoms with van der Waals surface area (Å²) in [5, 5.41) is 9.97. The highest BCUT2D eigenvalue weighted by Crippen LogP contribution is 2.20. The molecular weight excluding hydrogens is 151 g/mol. The van der Waals surface area contributed by atoms with Gasteiger partial charge in [0, 0.05) is 5.30 Å². The minimum absolute atomic E-state index is 0.339. The van der Waals surface area contributed by atoms with Crippen LogP contribution >= 0.6 is 20.0 Å². The summed E-state index contributed by atoms with van der Waals surface area (Å²) in [4.78, 5) is 0. The molecule has 1 aromatic carbocycles. The van der Waals surface area contributed by atoms with Crippen molar-refractivity contribution in [2.24, 2.45) is 0 Å². The lowest BCUT2D eigenvalue weighted by atomic mass is 10.3. The fraction of sp³-hybridized carbons (Fsp3) is 0. The van der Waals surface area contributed by atoms with Crippen molar-refractivity contribution in [1.29, 1.82) is 0 Å². The molecule has 0 amide bonds. The second kappa shape index (κ2) is 3.09. The van der Waals surface area contributed by atoms with Gasteiger partial charge in [0.2, 0.25) is 0 Å². The number of phenolic OH excluding ortho intramolecular Hbond substituents is 1. The smallest absolute Gasteiger partial charge is 0.123 e. The molecule has 0 saturated carbocycles. The summed E-state index contributed by atoms with van der Waals surface area (Å²) in [7, 11) is 0.373. The minimum atomic E-state index is 0.339. The van der Waals surface area contributed by atoms with E-state index in [-0.39, 0.29) is 0 Å². The maximum absolute atomic E-state index is 9.07. The summed E-state index contributed by atoms with van der Waals surface area (Å²) in [6, 6.07) is 7.21. The first-order chi connectivity index (χ1) is 4.34. The number of phenols is 1. The lowest BCUT2D eigenvalue weighted by molar-refractivity contribution is 0.480. The van der Waals surface area contributed by atoms with E-state index in [2.05, 4.69) is 12.2 Å². The van der Waals surface area contributed by atoms with E-state index in [0.29, 0.717) is 13.5 Å². The molecule has 1 aromatic rings. The molecule has 0 aromatic heterocycles. The molecule has 0 aliphatic rings. The van der Waals surface area contributed by atoms with Gasteiger partial charge in [0.05, 0.1) is 0 Å². The Morgan fingerprint density at radius 2 is 2.00 bits per heavy atom. The Bertz CT molecular complexity index is 202. The van der Waals surface area contributed by atoms with E-state index < -0.39 is 0 Å². The maximum atomic E-state index is 9.07. The van der Waals surface area contributed by atoms with Crippen molar-refractivity contribution in [3.05, 3.63) is 24.3 Å². The normalized spacial score (nSPS) is 10.8. The van der Waals surface area contributed by atoms with E-state index in [1.54, 1.807) is 12.1 Å². The summed E-state index contributed by atoms with van der Waals surface area (Å²) in [6.07, 6.45) is 0. The molecule has 1 nitrogen and oxygen atoms in total. The van der Waals surface area contributed by atoms with Crippen LogP contribution in [-0.4, -0.2) is 5.11 Å². The van der Waals surface area contributed by atoms with E-state index in [9.17, 15) is 0 Å². The fourth-order valence-electron chi connectivity index (χ4n) is 0.568. The number of hydrogen-bond donors (Lipinski definition) is 2. The molecule has 1 atom stereocenters. The Labute approximate surface area is 61.0 Å². The Balaban J connectivity index is 3.01. The Morgan fingerprint density at radius 1 is 1.33 bits per heavy atom. The Morgan fingerprint density at radius 3 is 2.44 bits per heavy atom. The van der Waals surface area contributed by atoms with Crippen molar-refractivity contribution < 1.29 is 5.11 Å². The fourth-order valence-corrected chi connectivity index (χ4v) is 1.50. The average Bonchev–Trinajstić information content (AvgIpc) is 1.89. The zero-order valence-corrected chi connectivity index (χ0v) is 6.60. The molecule has 1 N–H and O–H groups in total. The first kappa shape index (κ1) is 6.91. The third kappa shape index (κ3) is 1.60. The zero-order valence-electron chi connectivity index (χ0n) is 4.70. The van der Waals surface area contributed by atoms with E-state index in [1.165, 1.54) is 0 Å². The molecule has 0 aliphatic carbocycles. The van der Waals surface area contributed by atoms with Crippen LogP contribution in [0.25, 0.3) is 0 Å². The third-order valence-electron chi connectivity index (χ3n) is 1.02. The van der Waals surface area contributed by atoms with Gasteiger partial charge in [0.15, 0.2) is 0 Å². The molecule has 3 heteroatoms. The van der Waals surface area contributed by atoms with Crippen LogP contribution in [0, 0.1) is 0 Å². The van der Waals surface area contributed by atoms with Crippen LogP contribution in [0.1, 0.15) is 0 Å². The Hall–Kier alpha value is -0.200. The molecule has 0 radical (unpaired) electrons. The molecule has 0 spiro atoms. The van der Waals surface area contributed by atoms with E-state index in [1.807, 2.05) is 12.1 Å². The number of thiol groups is 1. The second-order valence-electron chi connectivity index (χ2n) is 1.63. The SMILES string of the molecule is Oc1ccccc1PS. The molecule has 48 valence electrons. The van der Waals surface area contributed by atoms with Gasteiger partial charge in [-0.25, -0.2) is 0 Å². The Kier molecular flexibility index (Phi) is 2.38. The number of para-hydroxylation sites is 1.